The highest BCUT2D eigenvalue weighted by Gasteiger charge is 2.30. The van der Waals surface area contributed by atoms with E-state index in [0.29, 0.717) is 0 Å². The van der Waals surface area contributed by atoms with Gasteiger partial charge in [-0.2, -0.15) is 4.37 Å². The third kappa shape index (κ3) is 2.12. The highest BCUT2D eigenvalue weighted by molar-refractivity contribution is 7.10. The van der Waals surface area contributed by atoms with Crippen molar-refractivity contribution in [3.05, 3.63) is 11.3 Å². The molecule has 0 aliphatic heterocycles. The van der Waals surface area contributed by atoms with Crippen molar-refractivity contribution in [2.24, 2.45) is 0 Å². The first-order chi connectivity index (χ1) is 7.52. The van der Waals surface area contributed by atoms with Crippen LogP contribution in [0, 0.1) is 6.92 Å². The van der Waals surface area contributed by atoms with Gasteiger partial charge in [0.1, 0.15) is 5.00 Å². The third-order valence-electron chi connectivity index (χ3n) is 3.34. The number of aryl methyl sites for hydroxylation is 1. The van der Waals surface area contributed by atoms with E-state index in [9.17, 15) is 4.79 Å². The zero-order valence-corrected chi connectivity index (χ0v) is 10.9. The van der Waals surface area contributed by atoms with Gasteiger partial charge in [0, 0.05) is 5.54 Å². The molecule has 0 bridgehead atoms. The SMILES string of the molecule is CC(=O)c1c(C)nsc1NC1(C)CCCC1. The van der Waals surface area contributed by atoms with Crippen LogP contribution >= 0.6 is 11.5 Å². The summed E-state index contributed by atoms with van der Waals surface area (Å²) in [7, 11) is 0. The Bertz CT molecular complexity index is 405. The van der Waals surface area contributed by atoms with Gasteiger partial charge < -0.3 is 5.32 Å². The third-order valence-corrected chi connectivity index (χ3v) is 4.19. The largest absolute Gasteiger partial charge is 0.370 e. The molecule has 1 aromatic rings. The number of anilines is 1. The van der Waals surface area contributed by atoms with Crippen molar-refractivity contribution in [2.45, 2.75) is 52.0 Å². The molecule has 0 aromatic carbocycles. The van der Waals surface area contributed by atoms with Crippen molar-refractivity contribution in [1.82, 2.24) is 4.37 Å². The quantitative estimate of drug-likeness (QED) is 0.821. The Morgan fingerprint density at radius 2 is 2.06 bits per heavy atom. The number of nitrogens with one attached hydrogen (secondary N) is 1. The van der Waals surface area contributed by atoms with Crippen molar-refractivity contribution in [3.63, 3.8) is 0 Å². The maximum absolute atomic E-state index is 11.6. The van der Waals surface area contributed by atoms with Crippen LogP contribution in [0.1, 0.15) is 55.6 Å². The molecular weight excluding hydrogens is 220 g/mol. The molecular formula is C12H18N2OS. The van der Waals surface area contributed by atoms with Crippen molar-refractivity contribution < 1.29 is 4.79 Å². The van der Waals surface area contributed by atoms with Crippen LogP contribution in [0.3, 0.4) is 0 Å². The second-order valence-corrected chi connectivity index (χ2v) is 5.69. The van der Waals surface area contributed by atoms with Gasteiger partial charge in [-0.3, -0.25) is 4.79 Å². The Hall–Kier alpha value is -0.900. The lowest BCUT2D eigenvalue weighted by atomic mass is 10.0. The number of ketones is 1. The zero-order valence-electron chi connectivity index (χ0n) is 10.1. The molecule has 1 fully saturated rings. The van der Waals surface area contributed by atoms with E-state index in [4.69, 9.17) is 0 Å². The molecule has 1 heterocycles. The van der Waals surface area contributed by atoms with Crippen LogP contribution in [0.5, 0.6) is 0 Å². The molecule has 0 spiro atoms. The van der Waals surface area contributed by atoms with Crippen LogP contribution in [0.15, 0.2) is 0 Å². The number of hydrogen-bond donors (Lipinski definition) is 1. The lowest BCUT2D eigenvalue weighted by Crippen LogP contribution is -2.30. The molecule has 88 valence electrons. The first-order valence-electron chi connectivity index (χ1n) is 5.77. The maximum Gasteiger partial charge on any atom is 0.164 e. The normalized spacial score (nSPS) is 18.7. The molecule has 1 aliphatic carbocycles. The van der Waals surface area contributed by atoms with Crippen LogP contribution in [0.4, 0.5) is 5.00 Å². The van der Waals surface area contributed by atoms with Gasteiger partial charge in [0.15, 0.2) is 5.78 Å². The minimum Gasteiger partial charge on any atom is -0.370 e. The van der Waals surface area contributed by atoms with Crippen LogP contribution in [-0.2, 0) is 0 Å². The van der Waals surface area contributed by atoms with Gasteiger partial charge in [0.2, 0.25) is 0 Å². The summed E-state index contributed by atoms with van der Waals surface area (Å²) >= 11 is 1.41. The van der Waals surface area contributed by atoms with E-state index in [2.05, 4.69) is 16.6 Å². The zero-order chi connectivity index (χ0) is 11.8. The predicted molar refractivity (Wildman–Crippen MR) is 67.4 cm³/mol. The van der Waals surface area contributed by atoms with Gasteiger partial charge in [-0.05, 0) is 45.1 Å². The summed E-state index contributed by atoms with van der Waals surface area (Å²) in [5, 5.41) is 4.48. The van der Waals surface area contributed by atoms with Gasteiger partial charge in [-0.1, -0.05) is 12.8 Å². The molecule has 3 nitrogen and oxygen atoms in total. The van der Waals surface area contributed by atoms with Gasteiger partial charge in [-0.25, -0.2) is 0 Å². The predicted octanol–water partition coefficient (Wildman–Crippen LogP) is 3.40. The number of hydrogen-bond acceptors (Lipinski definition) is 4. The topological polar surface area (TPSA) is 42.0 Å². The Morgan fingerprint density at radius 3 is 2.62 bits per heavy atom. The van der Waals surface area contributed by atoms with E-state index in [1.165, 1.54) is 37.2 Å². The molecule has 2 rings (SSSR count). The van der Waals surface area contributed by atoms with E-state index >= 15 is 0 Å². The molecule has 0 unspecified atom stereocenters. The van der Waals surface area contributed by atoms with Gasteiger partial charge in [0.25, 0.3) is 0 Å². The number of aromatic nitrogens is 1. The molecule has 16 heavy (non-hydrogen) atoms. The summed E-state index contributed by atoms with van der Waals surface area (Å²) in [5.41, 5.74) is 1.78. The summed E-state index contributed by atoms with van der Waals surface area (Å²) in [6, 6.07) is 0. The highest BCUT2D eigenvalue weighted by atomic mass is 32.1. The standard InChI is InChI=1S/C12H18N2OS/c1-8-10(9(2)15)11(16-14-8)13-12(3)6-4-5-7-12/h13H,4-7H2,1-3H3. The summed E-state index contributed by atoms with van der Waals surface area (Å²) < 4.78 is 4.27. The first kappa shape index (κ1) is 11.6. The van der Waals surface area contributed by atoms with Gasteiger partial charge in [0.05, 0.1) is 11.3 Å². The lowest BCUT2D eigenvalue weighted by Gasteiger charge is -2.25. The van der Waals surface area contributed by atoms with Gasteiger partial charge >= 0.3 is 0 Å². The molecule has 0 amide bonds. The summed E-state index contributed by atoms with van der Waals surface area (Å²) in [6.45, 7) is 5.74. The average Bonchev–Trinajstić information content (AvgIpc) is 2.74. The molecule has 1 N–H and O–H groups in total. The molecule has 1 aliphatic rings. The maximum atomic E-state index is 11.6. The van der Waals surface area contributed by atoms with Crippen LogP contribution in [-0.4, -0.2) is 15.7 Å². The van der Waals surface area contributed by atoms with Crippen molar-refractivity contribution in [2.75, 3.05) is 5.32 Å². The molecule has 0 atom stereocenters. The monoisotopic (exact) mass is 238 g/mol. The second-order valence-electron chi connectivity index (χ2n) is 4.92. The van der Waals surface area contributed by atoms with Crippen molar-refractivity contribution in [3.8, 4) is 0 Å². The van der Waals surface area contributed by atoms with E-state index in [0.717, 1.165) is 16.3 Å². The Morgan fingerprint density at radius 1 is 1.44 bits per heavy atom. The summed E-state index contributed by atoms with van der Waals surface area (Å²) in [6.07, 6.45) is 4.91. The Kier molecular flexibility index (Phi) is 3.02. The Balaban J connectivity index is 2.24. The molecule has 0 saturated heterocycles. The second kappa shape index (κ2) is 4.17. The van der Waals surface area contributed by atoms with Crippen molar-refractivity contribution >= 4 is 22.3 Å². The van der Waals surface area contributed by atoms with E-state index < -0.39 is 0 Å². The first-order valence-corrected chi connectivity index (χ1v) is 6.54. The van der Waals surface area contributed by atoms with Crippen molar-refractivity contribution in [1.29, 1.82) is 0 Å². The fourth-order valence-electron chi connectivity index (χ4n) is 2.42. The molecule has 1 saturated carbocycles. The molecule has 0 radical (unpaired) electrons. The number of rotatable bonds is 3. The Labute approximate surface area is 100 Å². The van der Waals surface area contributed by atoms with Crippen LogP contribution in [0.2, 0.25) is 0 Å². The minimum atomic E-state index is 0.107. The highest BCUT2D eigenvalue weighted by Crippen LogP contribution is 2.35. The number of nitrogens with zero attached hydrogens (tertiary/aromatic N) is 1. The smallest absolute Gasteiger partial charge is 0.164 e. The number of carbonyl (C=O) groups excluding carboxylic acids is 1. The van der Waals surface area contributed by atoms with E-state index in [1.54, 1.807) is 6.92 Å². The van der Waals surface area contributed by atoms with Crippen LogP contribution < -0.4 is 5.32 Å². The van der Waals surface area contributed by atoms with Gasteiger partial charge in [-0.15, -0.1) is 0 Å². The number of Topliss-reactive ketones (excluding diaryl/α,β-unsaturated/α-hetero) is 1. The summed E-state index contributed by atoms with van der Waals surface area (Å²) in [4.78, 5) is 11.6. The van der Waals surface area contributed by atoms with E-state index in [1.807, 2.05) is 6.92 Å². The fraction of sp³-hybridized carbons (Fsp3) is 0.667. The minimum absolute atomic E-state index is 0.107. The summed E-state index contributed by atoms with van der Waals surface area (Å²) in [5.74, 6) is 0.107. The van der Waals surface area contributed by atoms with Crippen LogP contribution in [0.25, 0.3) is 0 Å². The number of carbonyl (C=O) groups is 1. The molecule has 4 heteroatoms. The fourth-order valence-corrected chi connectivity index (χ4v) is 3.42. The average molecular weight is 238 g/mol. The van der Waals surface area contributed by atoms with E-state index in [-0.39, 0.29) is 11.3 Å². The molecule has 1 aromatic heterocycles. The lowest BCUT2D eigenvalue weighted by molar-refractivity contribution is 0.101.